The molecule has 0 saturated carbocycles. The van der Waals surface area contributed by atoms with Gasteiger partial charge in [0.2, 0.25) is 0 Å². The molecule has 3 aliphatic carbocycles. The number of carbonyl (C=O) groups is 2. The van der Waals surface area contributed by atoms with E-state index in [9.17, 15) is 19.7 Å². The lowest BCUT2D eigenvalue weighted by molar-refractivity contribution is -0.554. The second-order valence-electron chi connectivity index (χ2n) is 8.15. The maximum atomic E-state index is 13.7. The van der Waals surface area contributed by atoms with Crippen molar-refractivity contribution in [2.75, 3.05) is 4.90 Å². The summed E-state index contributed by atoms with van der Waals surface area (Å²) in [5.74, 6) is -1.60. The van der Waals surface area contributed by atoms with Crippen LogP contribution in [0.4, 0.5) is 5.69 Å². The predicted octanol–water partition coefficient (Wildman–Crippen LogP) is 3.84. The van der Waals surface area contributed by atoms with Gasteiger partial charge in [-0.2, -0.15) is 0 Å². The second-order valence-corrected chi connectivity index (χ2v) is 8.15. The summed E-state index contributed by atoms with van der Waals surface area (Å²) in [6.07, 6.45) is 0. The smallest absolute Gasteiger partial charge is 0.269 e. The Labute approximate surface area is 177 Å². The van der Waals surface area contributed by atoms with Crippen LogP contribution in [0, 0.1) is 17.0 Å². The molecule has 2 amide bonds. The van der Waals surface area contributed by atoms with E-state index < -0.39 is 28.2 Å². The zero-order chi connectivity index (χ0) is 21.5. The standard InChI is InChI=1S/C25H16N2O4/c1-14-7-6-8-15(13-14)26-23(28)21-20-16-9-2-4-11-18(16)25(27(30)31,22(21)24(26)29)19-12-5-3-10-17(19)20/h2-13,20H,1H3. The Morgan fingerprint density at radius 3 is 2.06 bits per heavy atom. The number of benzene rings is 3. The van der Waals surface area contributed by atoms with Crippen LogP contribution >= 0.6 is 0 Å². The topological polar surface area (TPSA) is 80.5 Å². The van der Waals surface area contributed by atoms with Crippen molar-refractivity contribution < 1.29 is 14.5 Å². The van der Waals surface area contributed by atoms with Gasteiger partial charge in [-0.15, -0.1) is 0 Å². The molecule has 4 aliphatic rings. The van der Waals surface area contributed by atoms with Crippen LogP contribution in [0.15, 0.2) is 83.9 Å². The van der Waals surface area contributed by atoms with E-state index in [1.807, 2.05) is 37.3 Å². The van der Waals surface area contributed by atoms with Crippen LogP contribution in [0.25, 0.3) is 0 Å². The summed E-state index contributed by atoms with van der Waals surface area (Å²) in [5.41, 5.74) is 1.98. The monoisotopic (exact) mass is 408 g/mol. The summed E-state index contributed by atoms with van der Waals surface area (Å²) in [4.78, 5) is 40.9. The molecule has 0 aromatic heterocycles. The molecule has 0 spiro atoms. The lowest BCUT2D eigenvalue weighted by Gasteiger charge is -2.42. The fourth-order valence-electron chi connectivity index (χ4n) is 5.50. The van der Waals surface area contributed by atoms with Crippen molar-refractivity contribution >= 4 is 17.5 Å². The van der Waals surface area contributed by atoms with Crippen LogP contribution < -0.4 is 4.90 Å². The number of rotatable bonds is 2. The lowest BCUT2D eigenvalue weighted by Crippen LogP contribution is -2.49. The summed E-state index contributed by atoms with van der Waals surface area (Å²) < 4.78 is 0. The summed E-state index contributed by atoms with van der Waals surface area (Å²) >= 11 is 0. The summed E-state index contributed by atoms with van der Waals surface area (Å²) in [5, 5.41) is 12.8. The van der Waals surface area contributed by atoms with Crippen LogP contribution in [0.1, 0.15) is 33.7 Å². The lowest BCUT2D eigenvalue weighted by atomic mass is 9.57. The number of hydrogen-bond donors (Lipinski definition) is 0. The third-order valence-corrected chi connectivity index (χ3v) is 6.63. The maximum absolute atomic E-state index is 13.7. The van der Waals surface area contributed by atoms with Gasteiger partial charge >= 0.3 is 5.54 Å². The Hall–Kier alpha value is -4.06. The van der Waals surface area contributed by atoms with Gasteiger partial charge < -0.3 is 0 Å². The number of aryl methyl sites for hydroxylation is 1. The van der Waals surface area contributed by atoms with E-state index in [0.717, 1.165) is 10.5 Å². The molecule has 0 unspecified atom stereocenters. The Bertz CT molecular complexity index is 1340. The van der Waals surface area contributed by atoms with Crippen molar-refractivity contribution in [3.05, 3.63) is 122 Å². The van der Waals surface area contributed by atoms with Gasteiger partial charge in [0.05, 0.1) is 5.69 Å². The third kappa shape index (κ3) is 1.92. The van der Waals surface area contributed by atoms with Gasteiger partial charge in [-0.05, 0) is 35.7 Å². The number of imide groups is 1. The van der Waals surface area contributed by atoms with Gasteiger partial charge in [0.25, 0.3) is 11.8 Å². The average molecular weight is 408 g/mol. The minimum Gasteiger partial charge on any atom is -0.269 e. The maximum Gasteiger partial charge on any atom is 0.303 e. The second kappa shape index (κ2) is 5.76. The molecule has 1 heterocycles. The number of anilines is 1. The van der Waals surface area contributed by atoms with E-state index in [4.69, 9.17) is 0 Å². The molecule has 1 aliphatic heterocycles. The van der Waals surface area contributed by atoms with E-state index >= 15 is 0 Å². The van der Waals surface area contributed by atoms with E-state index in [1.165, 1.54) is 0 Å². The largest absolute Gasteiger partial charge is 0.303 e. The molecule has 6 heteroatoms. The first-order valence-electron chi connectivity index (χ1n) is 10.0. The molecule has 3 aromatic carbocycles. The Balaban J connectivity index is 1.70. The number of hydrogen-bond acceptors (Lipinski definition) is 4. The molecule has 0 saturated heterocycles. The molecular weight excluding hydrogens is 392 g/mol. The summed E-state index contributed by atoms with van der Waals surface area (Å²) in [6.45, 7) is 1.87. The average Bonchev–Trinajstić information content (AvgIpc) is 3.04. The molecule has 31 heavy (non-hydrogen) atoms. The van der Waals surface area contributed by atoms with Crippen LogP contribution in [0.2, 0.25) is 0 Å². The van der Waals surface area contributed by atoms with Gasteiger partial charge in [-0.3, -0.25) is 19.7 Å². The molecule has 0 radical (unpaired) electrons. The first kappa shape index (κ1) is 17.8. The van der Waals surface area contributed by atoms with E-state index in [1.54, 1.807) is 42.5 Å². The van der Waals surface area contributed by atoms with E-state index in [0.29, 0.717) is 27.9 Å². The molecule has 0 N–H and O–H groups in total. The molecule has 3 aromatic rings. The number of nitro groups is 1. The highest BCUT2D eigenvalue weighted by molar-refractivity contribution is 6.35. The first-order valence-corrected chi connectivity index (χ1v) is 10.0. The Morgan fingerprint density at radius 1 is 0.871 bits per heavy atom. The highest BCUT2D eigenvalue weighted by atomic mass is 16.6. The number of amides is 2. The minimum absolute atomic E-state index is 0.0218. The van der Waals surface area contributed by atoms with Gasteiger partial charge in [0.15, 0.2) is 0 Å². The predicted molar refractivity (Wildman–Crippen MR) is 113 cm³/mol. The molecule has 0 atom stereocenters. The molecule has 2 bridgehead atoms. The van der Waals surface area contributed by atoms with Gasteiger partial charge in [-0.25, -0.2) is 4.90 Å². The van der Waals surface area contributed by atoms with Crippen molar-refractivity contribution in [1.29, 1.82) is 0 Å². The normalized spacial score (nSPS) is 23.0. The SMILES string of the molecule is Cc1cccc(N2C(=O)C3=C(C2=O)C2([N+](=O)[O-])c4ccccc4C3c3ccccc32)c1. The first-order chi connectivity index (χ1) is 15.0. The summed E-state index contributed by atoms with van der Waals surface area (Å²) in [7, 11) is 0. The van der Waals surface area contributed by atoms with Gasteiger partial charge in [0, 0.05) is 27.5 Å². The quantitative estimate of drug-likeness (QED) is 0.367. The highest BCUT2D eigenvalue weighted by Crippen LogP contribution is 2.61. The van der Waals surface area contributed by atoms with Crippen molar-refractivity contribution in [3.63, 3.8) is 0 Å². The van der Waals surface area contributed by atoms with E-state index in [-0.39, 0.29) is 11.1 Å². The Kier molecular flexibility index (Phi) is 3.30. The Morgan fingerprint density at radius 2 is 1.48 bits per heavy atom. The van der Waals surface area contributed by atoms with Crippen LogP contribution in [0.5, 0.6) is 0 Å². The molecule has 7 rings (SSSR count). The van der Waals surface area contributed by atoms with Crippen molar-refractivity contribution in [2.45, 2.75) is 18.4 Å². The minimum atomic E-state index is -1.90. The number of carbonyl (C=O) groups excluding carboxylic acids is 2. The zero-order valence-corrected chi connectivity index (χ0v) is 16.5. The van der Waals surface area contributed by atoms with Crippen LogP contribution in [-0.4, -0.2) is 16.7 Å². The molecular formula is C25H16N2O4. The zero-order valence-electron chi connectivity index (χ0n) is 16.5. The van der Waals surface area contributed by atoms with Gasteiger partial charge in [0.1, 0.15) is 5.57 Å². The van der Waals surface area contributed by atoms with Crippen LogP contribution in [0.3, 0.4) is 0 Å². The third-order valence-electron chi connectivity index (χ3n) is 6.63. The van der Waals surface area contributed by atoms with E-state index in [2.05, 4.69) is 0 Å². The highest BCUT2D eigenvalue weighted by Gasteiger charge is 2.68. The fourth-order valence-corrected chi connectivity index (χ4v) is 5.50. The van der Waals surface area contributed by atoms with Crippen molar-refractivity contribution in [3.8, 4) is 0 Å². The molecule has 150 valence electrons. The van der Waals surface area contributed by atoms with Crippen LogP contribution in [-0.2, 0) is 15.1 Å². The van der Waals surface area contributed by atoms with Crippen molar-refractivity contribution in [2.24, 2.45) is 0 Å². The van der Waals surface area contributed by atoms with Gasteiger partial charge in [-0.1, -0.05) is 60.7 Å². The fraction of sp³-hybridized carbons (Fsp3) is 0.120. The molecule has 6 nitrogen and oxygen atoms in total. The number of nitrogens with zero attached hydrogens (tertiary/aromatic N) is 2. The van der Waals surface area contributed by atoms with Crippen molar-refractivity contribution in [1.82, 2.24) is 0 Å². The summed E-state index contributed by atoms with van der Waals surface area (Å²) in [6, 6.07) is 21.2. The molecule has 0 fully saturated rings.